The Bertz CT molecular complexity index is 610. The first kappa shape index (κ1) is 14.5. The minimum atomic E-state index is 0.423. The van der Waals surface area contributed by atoms with E-state index in [0.717, 1.165) is 28.8 Å². The summed E-state index contributed by atoms with van der Waals surface area (Å²) in [6.07, 6.45) is 7.49. The molecule has 3 heteroatoms. The molecule has 1 aliphatic rings. The van der Waals surface area contributed by atoms with E-state index in [1.165, 1.54) is 24.8 Å². The van der Waals surface area contributed by atoms with Gasteiger partial charge in [-0.1, -0.05) is 26.3 Å². The summed E-state index contributed by atoms with van der Waals surface area (Å²) < 4.78 is 0. The fourth-order valence-electron chi connectivity index (χ4n) is 3.74. The van der Waals surface area contributed by atoms with Gasteiger partial charge in [-0.15, -0.1) is 0 Å². The third-order valence-corrected chi connectivity index (χ3v) is 5.27. The molecular weight excluding hydrogens is 258 g/mol. The van der Waals surface area contributed by atoms with Crippen molar-refractivity contribution in [2.45, 2.75) is 39.2 Å². The molecule has 0 bridgehead atoms. The van der Waals surface area contributed by atoms with Crippen LogP contribution in [0.1, 0.15) is 44.7 Å². The van der Waals surface area contributed by atoms with Crippen LogP contribution in [0.5, 0.6) is 0 Å². The smallest absolute Gasteiger partial charge is 0.0890 e. The van der Waals surface area contributed by atoms with Crippen LogP contribution in [0.4, 0.5) is 0 Å². The minimum absolute atomic E-state index is 0.423. The summed E-state index contributed by atoms with van der Waals surface area (Å²) in [4.78, 5) is 8.80. The Hall–Kier alpha value is -1.48. The lowest BCUT2D eigenvalue weighted by Gasteiger charge is -2.37. The van der Waals surface area contributed by atoms with E-state index >= 15 is 0 Å². The van der Waals surface area contributed by atoms with Crippen LogP contribution in [0.3, 0.4) is 0 Å². The second kappa shape index (κ2) is 6.10. The van der Waals surface area contributed by atoms with Crippen LogP contribution < -0.4 is 5.32 Å². The number of aromatic nitrogens is 2. The van der Waals surface area contributed by atoms with Crippen LogP contribution in [-0.4, -0.2) is 17.0 Å². The zero-order chi connectivity index (χ0) is 14.8. The van der Waals surface area contributed by atoms with E-state index in [9.17, 15) is 0 Å². The van der Waals surface area contributed by atoms with Crippen LogP contribution in [0, 0.1) is 17.8 Å². The first-order chi connectivity index (χ1) is 10.2. The highest BCUT2D eigenvalue weighted by Crippen LogP contribution is 2.40. The molecule has 0 spiro atoms. The third-order valence-electron chi connectivity index (χ3n) is 5.27. The Kier molecular flexibility index (Phi) is 4.20. The first-order valence-electron chi connectivity index (χ1n) is 8.07. The predicted octanol–water partition coefficient (Wildman–Crippen LogP) is 3.96. The van der Waals surface area contributed by atoms with Crippen molar-refractivity contribution < 1.29 is 0 Å². The fraction of sp³-hybridized carbons (Fsp3) is 0.556. The molecule has 1 saturated carbocycles. The van der Waals surface area contributed by atoms with Gasteiger partial charge >= 0.3 is 0 Å². The lowest BCUT2D eigenvalue weighted by Crippen LogP contribution is -2.31. The van der Waals surface area contributed by atoms with Crippen molar-refractivity contribution in [3.05, 3.63) is 36.2 Å². The van der Waals surface area contributed by atoms with Crippen molar-refractivity contribution in [3.63, 3.8) is 0 Å². The van der Waals surface area contributed by atoms with Gasteiger partial charge in [-0.2, -0.15) is 0 Å². The molecule has 4 unspecified atom stereocenters. The first-order valence-corrected chi connectivity index (χ1v) is 8.07. The maximum Gasteiger partial charge on any atom is 0.0890 e. The highest BCUT2D eigenvalue weighted by molar-refractivity contribution is 5.74. The van der Waals surface area contributed by atoms with Crippen molar-refractivity contribution >= 4 is 11.0 Å². The number of rotatable bonds is 3. The molecule has 3 rings (SSSR count). The molecule has 3 nitrogen and oxygen atoms in total. The Morgan fingerprint density at radius 1 is 1.05 bits per heavy atom. The summed E-state index contributed by atoms with van der Waals surface area (Å²) >= 11 is 0. The van der Waals surface area contributed by atoms with E-state index in [0.29, 0.717) is 6.04 Å². The van der Waals surface area contributed by atoms with Gasteiger partial charge in [0.05, 0.1) is 11.0 Å². The average molecular weight is 283 g/mol. The highest BCUT2D eigenvalue weighted by atomic mass is 14.9. The number of hydrogen-bond donors (Lipinski definition) is 1. The van der Waals surface area contributed by atoms with E-state index in [4.69, 9.17) is 0 Å². The van der Waals surface area contributed by atoms with Crippen molar-refractivity contribution in [1.29, 1.82) is 0 Å². The van der Waals surface area contributed by atoms with Gasteiger partial charge in [0.15, 0.2) is 0 Å². The normalized spacial score (nSPS) is 27.7. The maximum absolute atomic E-state index is 4.44. The number of nitrogens with zero attached hydrogens (tertiary/aromatic N) is 2. The molecule has 0 aliphatic heterocycles. The number of benzene rings is 1. The Balaban J connectivity index is 1.87. The summed E-state index contributed by atoms with van der Waals surface area (Å²) in [6.45, 7) is 4.79. The van der Waals surface area contributed by atoms with Crippen LogP contribution in [0.2, 0.25) is 0 Å². The Morgan fingerprint density at radius 3 is 2.52 bits per heavy atom. The minimum Gasteiger partial charge on any atom is -0.313 e. The number of fused-ring (bicyclic) bond motifs is 1. The predicted molar refractivity (Wildman–Crippen MR) is 87.0 cm³/mol. The molecule has 1 heterocycles. The maximum atomic E-state index is 4.44. The van der Waals surface area contributed by atoms with Gasteiger partial charge in [-0.05, 0) is 55.3 Å². The molecule has 112 valence electrons. The fourth-order valence-corrected chi connectivity index (χ4v) is 3.74. The van der Waals surface area contributed by atoms with Crippen molar-refractivity contribution in [2.75, 3.05) is 7.05 Å². The van der Waals surface area contributed by atoms with Crippen molar-refractivity contribution in [1.82, 2.24) is 15.3 Å². The van der Waals surface area contributed by atoms with Gasteiger partial charge < -0.3 is 5.32 Å². The summed E-state index contributed by atoms with van der Waals surface area (Å²) in [7, 11) is 2.08. The van der Waals surface area contributed by atoms with Gasteiger partial charge in [0.1, 0.15) is 0 Å². The molecule has 1 aromatic heterocycles. The van der Waals surface area contributed by atoms with E-state index in [1.54, 1.807) is 12.4 Å². The lowest BCUT2D eigenvalue weighted by atomic mass is 9.72. The van der Waals surface area contributed by atoms with Gasteiger partial charge in [0, 0.05) is 18.4 Å². The molecule has 1 N–H and O–H groups in total. The lowest BCUT2D eigenvalue weighted by molar-refractivity contribution is 0.175. The van der Waals surface area contributed by atoms with E-state index in [2.05, 4.69) is 54.4 Å². The molecule has 0 amide bonds. The van der Waals surface area contributed by atoms with E-state index in [-0.39, 0.29) is 0 Å². The zero-order valence-electron chi connectivity index (χ0n) is 13.2. The molecule has 21 heavy (non-hydrogen) atoms. The van der Waals surface area contributed by atoms with Gasteiger partial charge in [0.2, 0.25) is 0 Å². The van der Waals surface area contributed by atoms with Crippen LogP contribution >= 0.6 is 0 Å². The number of nitrogens with one attached hydrogen (secondary N) is 1. The summed E-state index contributed by atoms with van der Waals surface area (Å²) in [5, 5.41) is 3.54. The number of hydrogen-bond acceptors (Lipinski definition) is 3. The molecule has 2 aromatic rings. The quantitative estimate of drug-likeness (QED) is 0.926. The molecule has 1 aliphatic carbocycles. The molecule has 0 radical (unpaired) electrons. The van der Waals surface area contributed by atoms with Gasteiger partial charge in [-0.3, -0.25) is 9.97 Å². The second-order valence-electron chi connectivity index (χ2n) is 6.60. The topological polar surface area (TPSA) is 37.8 Å². The van der Waals surface area contributed by atoms with E-state index < -0.39 is 0 Å². The Morgan fingerprint density at radius 2 is 1.81 bits per heavy atom. The Labute approximate surface area is 127 Å². The van der Waals surface area contributed by atoms with Crippen molar-refractivity contribution in [3.8, 4) is 0 Å². The van der Waals surface area contributed by atoms with Crippen LogP contribution in [0.25, 0.3) is 11.0 Å². The largest absolute Gasteiger partial charge is 0.313 e. The standard InChI is InChI=1S/C18H25N3/c1-12-4-5-14(10-13(12)2)18(19-3)15-6-7-16-17(11-15)21-9-8-20-16/h6-9,11-14,18-19H,4-5,10H2,1-3H3. The SMILES string of the molecule is CNC(c1ccc2nccnc2c1)C1CCC(C)C(C)C1. The summed E-state index contributed by atoms with van der Waals surface area (Å²) in [5.74, 6) is 2.40. The summed E-state index contributed by atoms with van der Waals surface area (Å²) in [5.41, 5.74) is 3.31. The van der Waals surface area contributed by atoms with E-state index in [1.807, 2.05) is 0 Å². The monoisotopic (exact) mass is 283 g/mol. The van der Waals surface area contributed by atoms with Gasteiger partial charge in [0.25, 0.3) is 0 Å². The molecule has 1 fully saturated rings. The molecule has 0 saturated heterocycles. The third kappa shape index (κ3) is 2.93. The van der Waals surface area contributed by atoms with Crippen LogP contribution in [-0.2, 0) is 0 Å². The average Bonchev–Trinajstić information content (AvgIpc) is 2.51. The molecule has 1 aromatic carbocycles. The highest BCUT2D eigenvalue weighted by Gasteiger charge is 2.30. The van der Waals surface area contributed by atoms with Gasteiger partial charge in [-0.25, -0.2) is 0 Å². The van der Waals surface area contributed by atoms with Crippen LogP contribution in [0.15, 0.2) is 30.6 Å². The molecule has 4 atom stereocenters. The summed E-state index contributed by atoms with van der Waals surface area (Å²) in [6, 6.07) is 6.93. The zero-order valence-corrected chi connectivity index (χ0v) is 13.2. The second-order valence-corrected chi connectivity index (χ2v) is 6.60. The molecular formula is C18H25N3. The van der Waals surface area contributed by atoms with Crippen molar-refractivity contribution in [2.24, 2.45) is 17.8 Å².